The Labute approximate surface area is 162 Å². The molecule has 0 unspecified atom stereocenters. The average molecular weight is 383 g/mol. The first-order valence-corrected chi connectivity index (χ1v) is 9.25. The molecule has 0 bridgehead atoms. The summed E-state index contributed by atoms with van der Waals surface area (Å²) in [5.74, 6) is -1.30. The van der Waals surface area contributed by atoms with E-state index in [4.69, 9.17) is 0 Å². The summed E-state index contributed by atoms with van der Waals surface area (Å²) in [6.07, 6.45) is 1.17. The van der Waals surface area contributed by atoms with E-state index in [1.165, 1.54) is 18.2 Å². The van der Waals surface area contributed by atoms with E-state index in [0.717, 1.165) is 17.7 Å². The standard InChI is InChI=1S/C21H22FN3O3/c1-2-19(26)25-12-9-14-13-15(7-8-18(14)25)20(27)23-10-11-24-21(28)16-5-3-4-6-17(16)22/h3-8,13H,2,9-12H2,1H3,(H,23,27)(H,24,28). The number of halogens is 1. The third kappa shape index (κ3) is 4.19. The zero-order valence-corrected chi connectivity index (χ0v) is 15.6. The lowest BCUT2D eigenvalue weighted by molar-refractivity contribution is -0.118. The molecule has 0 fully saturated rings. The minimum atomic E-state index is -0.585. The Morgan fingerprint density at radius 2 is 1.75 bits per heavy atom. The van der Waals surface area contributed by atoms with Gasteiger partial charge in [-0.3, -0.25) is 14.4 Å². The van der Waals surface area contributed by atoms with Crippen molar-refractivity contribution >= 4 is 23.4 Å². The second-order valence-electron chi connectivity index (χ2n) is 6.48. The number of anilines is 1. The maximum absolute atomic E-state index is 13.6. The summed E-state index contributed by atoms with van der Waals surface area (Å²) < 4.78 is 13.6. The zero-order valence-electron chi connectivity index (χ0n) is 15.6. The maximum Gasteiger partial charge on any atom is 0.254 e. The van der Waals surface area contributed by atoms with E-state index in [1.807, 2.05) is 6.92 Å². The van der Waals surface area contributed by atoms with Gasteiger partial charge in [-0.25, -0.2) is 4.39 Å². The van der Waals surface area contributed by atoms with Crippen LogP contribution in [0.1, 0.15) is 39.6 Å². The van der Waals surface area contributed by atoms with Gasteiger partial charge in [0.2, 0.25) is 5.91 Å². The third-order valence-corrected chi connectivity index (χ3v) is 4.66. The fraction of sp³-hybridized carbons (Fsp3) is 0.286. The van der Waals surface area contributed by atoms with Gasteiger partial charge in [-0.15, -0.1) is 0 Å². The molecule has 146 valence electrons. The predicted octanol–water partition coefficient (Wildman–Crippen LogP) is 2.28. The molecule has 0 saturated heterocycles. The number of fused-ring (bicyclic) bond motifs is 1. The van der Waals surface area contributed by atoms with Crippen LogP contribution in [0.5, 0.6) is 0 Å². The molecule has 7 heteroatoms. The Kier molecular flexibility index (Phi) is 6.03. The Hall–Kier alpha value is -3.22. The summed E-state index contributed by atoms with van der Waals surface area (Å²) in [7, 11) is 0. The van der Waals surface area contributed by atoms with Gasteiger partial charge in [0.1, 0.15) is 5.82 Å². The monoisotopic (exact) mass is 383 g/mol. The molecule has 6 nitrogen and oxygen atoms in total. The summed E-state index contributed by atoms with van der Waals surface area (Å²) in [5, 5.41) is 5.30. The molecule has 0 radical (unpaired) electrons. The van der Waals surface area contributed by atoms with E-state index in [-0.39, 0.29) is 30.5 Å². The number of amides is 3. The molecule has 0 saturated carbocycles. The van der Waals surface area contributed by atoms with E-state index >= 15 is 0 Å². The smallest absolute Gasteiger partial charge is 0.254 e. The van der Waals surface area contributed by atoms with Crippen LogP contribution in [-0.2, 0) is 11.2 Å². The average Bonchev–Trinajstić information content (AvgIpc) is 3.13. The molecule has 1 aliphatic heterocycles. The Bertz CT molecular complexity index is 914. The van der Waals surface area contributed by atoms with Crippen LogP contribution in [0.3, 0.4) is 0 Å². The van der Waals surface area contributed by atoms with Crippen molar-refractivity contribution in [2.75, 3.05) is 24.5 Å². The van der Waals surface area contributed by atoms with E-state index in [2.05, 4.69) is 10.6 Å². The van der Waals surface area contributed by atoms with Crippen molar-refractivity contribution in [3.05, 3.63) is 65.0 Å². The van der Waals surface area contributed by atoms with Gasteiger partial charge in [0, 0.05) is 37.3 Å². The lowest BCUT2D eigenvalue weighted by Gasteiger charge is -2.16. The SMILES string of the molecule is CCC(=O)N1CCc2cc(C(=O)NCCNC(=O)c3ccccc3F)ccc21. The summed E-state index contributed by atoms with van der Waals surface area (Å²) in [6.45, 7) is 2.86. The molecule has 2 N–H and O–H groups in total. The molecular formula is C21H22FN3O3. The van der Waals surface area contributed by atoms with E-state index in [1.54, 1.807) is 29.2 Å². The van der Waals surface area contributed by atoms with Gasteiger partial charge < -0.3 is 15.5 Å². The van der Waals surface area contributed by atoms with Crippen LogP contribution < -0.4 is 15.5 Å². The number of hydrogen-bond donors (Lipinski definition) is 2. The second kappa shape index (κ2) is 8.65. The minimum absolute atomic E-state index is 0.0290. The summed E-state index contributed by atoms with van der Waals surface area (Å²) in [5.41, 5.74) is 2.31. The fourth-order valence-electron chi connectivity index (χ4n) is 3.19. The molecule has 0 aliphatic carbocycles. The summed E-state index contributed by atoms with van der Waals surface area (Å²) >= 11 is 0. The maximum atomic E-state index is 13.6. The Morgan fingerprint density at radius 3 is 2.46 bits per heavy atom. The molecule has 3 rings (SSSR count). The molecule has 3 amide bonds. The van der Waals surface area contributed by atoms with Crippen molar-refractivity contribution in [1.82, 2.24) is 10.6 Å². The normalized spacial score (nSPS) is 12.4. The second-order valence-corrected chi connectivity index (χ2v) is 6.48. The summed E-state index contributed by atoms with van der Waals surface area (Å²) in [6, 6.07) is 11.0. The molecule has 0 atom stereocenters. The quantitative estimate of drug-likeness (QED) is 0.752. The van der Waals surface area contributed by atoms with Gasteiger partial charge in [0.25, 0.3) is 11.8 Å². The molecule has 1 heterocycles. The van der Waals surface area contributed by atoms with Gasteiger partial charge >= 0.3 is 0 Å². The van der Waals surface area contributed by atoms with Crippen LogP contribution in [0.4, 0.5) is 10.1 Å². The van der Waals surface area contributed by atoms with E-state index in [9.17, 15) is 18.8 Å². The van der Waals surface area contributed by atoms with E-state index in [0.29, 0.717) is 18.5 Å². The highest BCUT2D eigenvalue weighted by molar-refractivity contribution is 5.98. The molecular weight excluding hydrogens is 361 g/mol. The van der Waals surface area contributed by atoms with Crippen LogP contribution in [0, 0.1) is 5.82 Å². The van der Waals surface area contributed by atoms with Crippen molar-refractivity contribution in [3.8, 4) is 0 Å². The van der Waals surface area contributed by atoms with Crippen molar-refractivity contribution in [2.24, 2.45) is 0 Å². The molecule has 1 aliphatic rings. The minimum Gasteiger partial charge on any atom is -0.350 e. The van der Waals surface area contributed by atoms with Crippen LogP contribution in [0.2, 0.25) is 0 Å². The highest BCUT2D eigenvalue weighted by Crippen LogP contribution is 2.29. The molecule has 28 heavy (non-hydrogen) atoms. The lowest BCUT2D eigenvalue weighted by atomic mass is 10.1. The van der Waals surface area contributed by atoms with Gasteiger partial charge in [-0.2, -0.15) is 0 Å². The predicted molar refractivity (Wildman–Crippen MR) is 104 cm³/mol. The number of carbonyl (C=O) groups is 3. The first-order valence-electron chi connectivity index (χ1n) is 9.25. The molecule has 2 aromatic carbocycles. The third-order valence-electron chi connectivity index (χ3n) is 4.66. The molecule has 0 aromatic heterocycles. The van der Waals surface area contributed by atoms with Crippen LogP contribution in [0.15, 0.2) is 42.5 Å². The lowest BCUT2D eigenvalue weighted by Crippen LogP contribution is -2.35. The van der Waals surface area contributed by atoms with Crippen LogP contribution >= 0.6 is 0 Å². The van der Waals surface area contributed by atoms with E-state index < -0.39 is 11.7 Å². The first-order chi connectivity index (χ1) is 13.5. The van der Waals surface area contributed by atoms with Crippen molar-refractivity contribution in [1.29, 1.82) is 0 Å². The summed E-state index contributed by atoms with van der Waals surface area (Å²) in [4.78, 5) is 37.9. The topological polar surface area (TPSA) is 78.5 Å². The van der Waals surface area contributed by atoms with Crippen LogP contribution in [-0.4, -0.2) is 37.4 Å². The number of hydrogen-bond acceptors (Lipinski definition) is 3. The van der Waals surface area contributed by atoms with Crippen molar-refractivity contribution in [2.45, 2.75) is 19.8 Å². The fourth-order valence-corrected chi connectivity index (χ4v) is 3.19. The highest BCUT2D eigenvalue weighted by atomic mass is 19.1. The molecule has 0 spiro atoms. The van der Waals surface area contributed by atoms with Gasteiger partial charge in [-0.1, -0.05) is 19.1 Å². The van der Waals surface area contributed by atoms with Crippen molar-refractivity contribution < 1.29 is 18.8 Å². The van der Waals surface area contributed by atoms with Crippen LogP contribution in [0.25, 0.3) is 0 Å². The van der Waals surface area contributed by atoms with Gasteiger partial charge in [0.15, 0.2) is 0 Å². The largest absolute Gasteiger partial charge is 0.350 e. The number of nitrogens with zero attached hydrogens (tertiary/aromatic N) is 1. The van der Waals surface area contributed by atoms with Crippen molar-refractivity contribution in [3.63, 3.8) is 0 Å². The number of rotatable bonds is 6. The number of carbonyl (C=O) groups excluding carboxylic acids is 3. The van der Waals surface area contributed by atoms with Gasteiger partial charge in [-0.05, 0) is 42.3 Å². The highest BCUT2D eigenvalue weighted by Gasteiger charge is 2.24. The number of nitrogens with one attached hydrogen (secondary N) is 2. The van der Waals surface area contributed by atoms with Gasteiger partial charge in [0.05, 0.1) is 5.56 Å². The Balaban J connectivity index is 1.51. The first kappa shape index (κ1) is 19.5. The zero-order chi connectivity index (χ0) is 20.1. The Morgan fingerprint density at radius 1 is 1.04 bits per heavy atom. The number of benzene rings is 2. The molecule has 2 aromatic rings.